The number of amides is 1. The molecule has 1 fully saturated rings. The van der Waals surface area contributed by atoms with Crippen LogP contribution in [0.2, 0.25) is 0 Å². The highest BCUT2D eigenvalue weighted by Crippen LogP contribution is 2.26. The molecule has 8 atom stereocenters. The minimum Gasteiger partial charge on any atom is -0.454 e. The van der Waals surface area contributed by atoms with Crippen LogP contribution in [-0.4, -0.2) is 99.6 Å². The lowest BCUT2D eigenvalue weighted by Gasteiger charge is -2.41. The summed E-state index contributed by atoms with van der Waals surface area (Å²) < 4.78 is 17.7. The number of ether oxygens (including phenoxy) is 3. The van der Waals surface area contributed by atoms with Crippen molar-refractivity contribution in [2.45, 2.75) is 384 Å². The molecule has 0 aromatic rings. The molecule has 1 rings (SSSR count). The standard InChI is InChI=1S/C68H129NO10/c1-4-7-10-13-16-19-22-24-26-28-29-30-31-32-34-35-37-40-43-46-49-52-55-61(72)67(76)69-59(60(71)54-51-48-45-42-39-21-18-15-12-9-6-3)58-77-68-66(65(75)64(74)62(57-70)78-68)79-63(73)56-53-50-47-44-41-38-36-33-27-25-23-20-17-14-11-8-5-2/h25,27,51,54,59-62,64-66,68,70-72,74-75H,4-24,26,28-50,52-53,55-58H2,1-3H3,(H,69,76)/b27-25+,54-51+. The molecule has 0 radical (unpaired) electrons. The van der Waals surface area contributed by atoms with E-state index in [2.05, 4.69) is 38.2 Å². The molecule has 0 saturated carbocycles. The molecule has 0 aliphatic carbocycles. The van der Waals surface area contributed by atoms with E-state index in [0.29, 0.717) is 19.3 Å². The van der Waals surface area contributed by atoms with E-state index in [-0.39, 0.29) is 13.0 Å². The lowest BCUT2D eigenvalue weighted by molar-refractivity contribution is -0.305. The predicted octanol–water partition coefficient (Wildman–Crippen LogP) is 16.8. The zero-order valence-corrected chi connectivity index (χ0v) is 51.8. The molecule has 1 aliphatic rings. The third-order valence-corrected chi connectivity index (χ3v) is 16.4. The molecular weight excluding hydrogens is 991 g/mol. The van der Waals surface area contributed by atoms with Crippen LogP contribution in [0.4, 0.5) is 0 Å². The van der Waals surface area contributed by atoms with Crippen molar-refractivity contribution in [1.82, 2.24) is 5.32 Å². The number of allylic oxidation sites excluding steroid dienone is 3. The van der Waals surface area contributed by atoms with Gasteiger partial charge in [-0.1, -0.05) is 302 Å². The van der Waals surface area contributed by atoms with Crippen LogP contribution in [0.15, 0.2) is 24.3 Å². The van der Waals surface area contributed by atoms with Crippen molar-refractivity contribution in [2.24, 2.45) is 0 Å². The number of hydrogen-bond donors (Lipinski definition) is 6. The minimum absolute atomic E-state index is 0.123. The fraction of sp³-hybridized carbons (Fsp3) is 0.912. The van der Waals surface area contributed by atoms with Crippen molar-refractivity contribution in [3.8, 4) is 0 Å². The van der Waals surface area contributed by atoms with E-state index in [4.69, 9.17) is 14.2 Å². The summed E-state index contributed by atoms with van der Waals surface area (Å²) >= 11 is 0. The Hall–Kier alpha value is -1.86. The summed E-state index contributed by atoms with van der Waals surface area (Å²) in [6.45, 7) is 5.82. The second kappa shape index (κ2) is 56.6. The second-order valence-corrected chi connectivity index (χ2v) is 23.9. The van der Waals surface area contributed by atoms with Crippen LogP contribution >= 0.6 is 0 Å². The summed E-state index contributed by atoms with van der Waals surface area (Å²) in [5.74, 6) is -1.18. The minimum atomic E-state index is -1.61. The van der Waals surface area contributed by atoms with Gasteiger partial charge in [0.2, 0.25) is 5.91 Å². The zero-order valence-electron chi connectivity index (χ0n) is 51.8. The van der Waals surface area contributed by atoms with Gasteiger partial charge in [0.25, 0.3) is 0 Å². The molecule has 0 bridgehead atoms. The Morgan fingerprint density at radius 3 is 1.23 bits per heavy atom. The maximum Gasteiger partial charge on any atom is 0.306 e. The molecule has 0 aromatic heterocycles. The molecule has 1 saturated heterocycles. The SMILES string of the molecule is CCCCCCCC/C=C/CCCCCCCCCC(=O)OC1C(OCC(NC(=O)C(O)CCCCCCCCCCCCCCCCCCCCCCCC)C(O)/C=C/CCCCCCCCCCC)OC(CO)C(O)C1O. The third-order valence-electron chi connectivity index (χ3n) is 16.4. The smallest absolute Gasteiger partial charge is 0.306 e. The van der Waals surface area contributed by atoms with E-state index in [1.165, 1.54) is 218 Å². The molecule has 1 aliphatic heterocycles. The first-order valence-corrected chi connectivity index (χ1v) is 34.1. The van der Waals surface area contributed by atoms with Gasteiger partial charge < -0.3 is 45.1 Å². The van der Waals surface area contributed by atoms with Gasteiger partial charge in [-0.15, -0.1) is 0 Å². The van der Waals surface area contributed by atoms with E-state index >= 15 is 0 Å². The topological polar surface area (TPSA) is 175 Å². The van der Waals surface area contributed by atoms with Crippen LogP contribution in [0.25, 0.3) is 0 Å². The summed E-state index contributed by atoms with van der Waals surface area (Å²) in [6.07, 6.45) is 56.5. The van der Waals surface area contributed by atoms with Gasteiger partial charge in [0.15, 0.2) is 12.4 Å². The van der Waals surface area contributed by atoms with E-state index < -0.39 is 67.4 Å². The van der Waals surface area contributed by atoms with Crippen LogP contribution in [0.1, 0.15) is 335 Å². The number of carbonyl (C=O) groups is 2. The van der Waals surface area contributed by atoms with Gasteiger partial charge in [-0.3, -0.25) is 9.59 Å². The van der Waals surface area contributed by atoms with E-state index in [0.717, 1.165) is 70.6 Å². The first kappa shape index (κ1) is 75.2. The Labute approximate surface area is 486 Å². The van der Waals surface area contributed by atoms with E-state index in [1.54, 1.807) is 6.08 Å². The number of carbonyl (C=O) groups excluding carboxylic acids is 2. The van der Waals surface area contributed by atoms with Crippen molar-refractivity contribution < 1.29 is 49.3 Å². The molecule has 466 valence electrons. The highest BCUT2D eigenvalue weighted by molar-refractivity contribution is 5.80. The Morgan fingerprint density at radius 1 is 0.481 bits per heavy atom. The van der Waals surface area contributed by atoms with Crippen molar-refractivity contribution in [1.29, 1.82) is 0 Å². The molecule has 0 spiro atoms. The molecule has 11 heteroatoms. The molecular formula is C68H129NO10. The van der Waals surface area contributed by atoms with Crippen molar-refractivity contribution >= 4 is 11.9 Å². The molecule has 11 nitrogen and oxygen atoms in total. The van der Waals surface area contributed by atoms with Gasteiger partial charge in [-0.25, -0.2) is 0 Å². The summed E-state index contributed by atoms with van der Waals surface area (Å²) in [5, 5.41) is 57.1. The van der Waals surface area contributed by atoms with Gasteiger partial charge >= 0.3 is 5.97 Å². The van der Waals surface area contributed by atoms with Gasteiger partial charge in [0.1, 0.15) is 24.4 Å². The van der Waals surface area contributed by atoms with Crippen molar-refractivity contribution in [3.63, 3.8) is 0 Å². The predicted molar refractivity (Wildman–Crippen MR) is 329 cm³/mol. The third kappa shape index (κ3) is 44.4. The Bertz CT molecular complexity index is 1380. The Balaban J connectivity index is 2.58. The van der Waals surface area contributed by atoms with Gasteiger partial charge in [-0.05, 0) is 51.4 Å². The van der Waals surface area contributed by atoms with Gasteiger partial charge in [0.05, 0.1) is 25.4 Å². The van der Waals surface area contributed by atoms with Gasteiger partial charge in [0, 0.05) is 6.42 Å². The first-order valence-electron chi connectivity index (χ1n) is 34.1. The van der Waals surface area contributed by atoms with Crippen LogP contribution < -0.4 is 5.32 Å². The molecule has 6 N–H and O–H groups in total. The van der Waals surface area contributed by atoms with Crippen LogP contribution in [-0.2, 0) is 23.8 Å². The van der Waals surface area contributed by atoms with Crippen molar-refractivity contribution in [2.75, 3.05) is 13.2 Å². The van der Waals surface area contributed by atoms with Crippen molar-refractivity contribution in [3.05, 3.63) is 24.3 Å². The number of aliphatic hydroxyl groups excluding tert-OH is 5. The normalized spacial score (nSPS) is 18.9. The van der Waals surface area contributed by atoms with Crippen LogP contribution in [0.5, 0.6) is 0 Å². The number of esters is 1. The lowest BCUT2D eigenvalue weighted by atomic mass is 9.99. The fourth-order valence-electron chi connectivity index (χ4n) is 10.9. The summed E-state index contributed by atoms with van der Waals surface area (Å²) in [4.78, 5) is 26.6. The van der Waals surface area contributed by atoms with Crippen LogP contribution in [0, 0.1) is 0 Å². The molecule has 79 heavy (non-hydrogen) atoms. The van der Waals surface area contributed by atoms with Crippen LogP contribution in [0.3, 0.4) is 0 Å². The maximum atomic E-state index is 13.5. The molecule has 1 amide bonds. The molecule has 0 aromatic carbocycles. The first-order chi connectivity index (χ1) is 38.7. The molecule has 1 heterocycles. The number of aliphatic hydroxyl groups is 5. The summed E-state index contributed by atoms with van der Waals surface area (Å²) in [6, 6.07) is -1.02. The molecule has 8 unspecified atom stereocenters. The monoisotopic (exact) mass is 1120 g/mol. The summed E-state index contributed by atoms with van der Waals surface area (Å²) in [5.41, 5.74) is 0. The summed E-state index contributed by atoms with van der Waals surface area (Å²) in [7, 11) is 0. The number of unbranched alkanes of at least 4 members (excludes halogenated alkanes) is 43. The highest BCUT2D eigenvalue weighted by atomic mass is 16.7. The second-order valence-electron chi connectivity index (χ2n) is 23.9. The maximum absolute atomic E-state index is 13.5. The Morgan fingerprint density at radius 2 is 0.835 bits per heavy atom. The quantitative estimate of drug-likeness (QED) is 0.0195. The fourth-order valence-corrected chi connectivity index (χ4v) is 10.9. The van der Waals surface area contributed by atoms with E-state index in [9.17, 15) is 35.1 Å². The zero-order chi connectivity index (χ0) is 57.5. The Kier molecular flexibility index (Phi) is 53.9. The lowest BCUT2D eigenvalue weighted by Crippen LogP contribution is -2.61. The highest BCUT2D eigenvalue weighted by Gasteiger charge is 2.47. The number of nitrogens with one attached hydrogen (secondary N) is 1. The average molecular weight is 1120 g/mol. The largest absolute Gasteiger partial charge is 0.454 e. The number of rotatable bonds is 59. The number of hydrogen-bond acceptors (Lipinski definition) is 10. The van der Waals surface area contributed by atoms with E-state index in [1.807, 2.05) is 6.08 Å². The average Bonchev–Trinajstić information content (AvgIpc) is 3.47. The van der Waals surface area contributed by atoms with Gasteiger partial charge in [-0.2, -0.15) is 0 Å².